The molecule has 1 N–H and O–H groups in total. The van der Waals surface area contributed by atoms with Crippen molar-refractivity contribution in [2.75, 3.05) is 5.32 Å². The molecular formula is C22H27N3O2S. The van der Waals surface area contributed by atoms with E-state index >= 15 is 0 Å². The molecule has 1 aromatic heterocycles. The van der Waals surface area contributed by atoms with E-state index in [4.69, 9.17) is 4.42 Å². The van der Waals surface area contributed by atoms with E-state index in [9.17, 15) is 4.79 Å². The van der Waals surface area contributed by atoms with Crippen molar-refractivity contribution in [3.63, 3.8) is 0 Å². The first-order valence-corrected chi connectivity index (χ1v) is 11.3. The lowest BCUT2D eigenvalue weighted by atomic mass is 9.49. The minimum atomic E-state index is -0.301. The van der Waals surface area contributed by atoms with Crippen LogP contribution in [-0.2, 0) is 10.2 Å². The summed E-state index contributed by atoms with van der Waals surface area (Å²) < 4.78 is 6.12. The van der Waals surface area contributed by atoms with Crippen molar-refractivity contribution in [2.45, 2.75) is 68.3 Å². The standard InChI is InChI=1S/C22H27N3O2S/c1-13-4-3-5-18(6-13)23-19(26)14(2)28-21-25-24-20(27-21)22-10-15-7-16(11-22)9-17(8-15)12-22/h3-6,14-17H,7-12H2,1-2H3,(H,23,26)/t14-,15?,16?,17?,22?/m0/s1. The van der Waals surface area contributed by atoms with Crippen LogP contribution in [0.4, 0.5) is 5.69 Å². The molecule has 0 unspecified atom stereocenters. The molecule has 4 aliphatic carbocycles. The van der Waals surface area contributed by atoms with Gasteiger partial charge in [0.2, 0.25) is 11.8 Å². The number of thioether (sulfide) groups is 1. The summed E-state index contributed by atoms with van der Waals surface area (Å²) in [6.45, 7) is 3.89. The Bertz CT molecular complexity index is 858. The van der Waals surface area contributed by atoms with Crippen LogP contribution in [0.3, 0.4) is 0 Å². The van der Waals surface area contributed by atoms with E-state index in [2.05, 4.69) is 15.5 Å². The number of rotatable bonds is 5. The number of amides is 1. The van der Waals surface area contributed by atoms with Crippen LogP contribution >= 0.6 is 11.8 Å². The van der Waals surface area contributed by atoms with Crippen LogP contribution < -0.4 is 5.32 Å². The smallest absolute Gasteiger partial charge is 0.277 e. The van der Waals surface area contributed by atoms with Gasteiger partial charge in [-0.2, -0.15) is 0 Å². The number of aromatic nitrogens is 2. The Hall–Kier alpha value is -1.82. The minimum absolute atomic E-state index is 0.0508. The lowest BCUT2D eigenvalue weighted by Crippen LogP contribution is -2.48. The summed E-state index contributed by atoms with van der Waals surface area (Å²) in [6.07, 6.45) is 7.79. The number of carbonyl (C=O) groups is 1. The Kier molecular flexibility index (Phi) is 4.49. The zero-order valence-electron chi connectivity index (χ0n) is 16.5. The van der Waals surface area contributed by atoms with Gasteiger partial charge in [-0.25, -0.2) is 0 Å². The maximum Gasteiger partial charge on any atom is 0.277 e. The molecule has 1 atom stereocenters. The summed E-state index contributed by atoms with van der Waals surface area (Å²) in [5.74, 6) is 3.29. The van der Waals surface area contributed by atoms with Gasteiger partial charge in [0.05, 0.1) is 5.25 Å². The topological polar surface area (TPSA) is 68.0 Å². The second kappa shape index (κ2) is 6.90. The molecule has 1 heterocycles. The zero-order chi connectivity index (χ0) is 19.3. The lowest BCUT2D eigenvalue weighted by molar-refractivity contribution is -0.115. The van der Waals surface area contributed by atoms with Gasteiger partial charge in [0, 0.05) is 11.1 Å². The largest absolute Gasteiger partial charge is 0.415 e. The second-order valence-corrected chi connectivity index (χ2v) is 10.5. The van der Waals surface area contributed by atoms with E-state index in [1.807, 2.05) is 38.1 Å². The zero-order valence-corrected chi connectivity index (χ0v) is 17.3. The first kappa shape index (κ1) is 18.2. The number of hydrogen-bond donors (Lipinski definition) is 1. The summed E-state index contributed by atoms with van der Waals surface area (Å²) in [4.78, 5) is 12.5. The number of nitrogens with one attached hydrogen (secondary N) is 1. The van der Waals surface area contributed by atoms with E-state index < -0.39 is 0 Å². The second-order valence-electron chi connectivity index (χ2n) is 9.19. The first-order chi connectivity index (χ1) is 13.5. The molecule has 28 heavy (non-hydrogen) atoms. The number of hydrogen-bond acceptors (Lipinski definition) is 5. The Morgan fingerprint density at radius 1 is 1.18 bits per heavy atom. The third-order valence-electron chi connectivity index (χ3n) is 6.83. The van der Waals surface area contributed by atoms with Gasteiger partial charge in [0.15, 0.2) is 0 Å². The maximum absolute atomic E-state index is 12.5. The third kappa shape index (κ3) is 3.36. The van der Waals surface area contributed by atoms with Gasteiger partial charge in [-0.1, -0.05) is 23.9 Å². The number of aryl methyl sites for hydroxylation is 1. The van der Waals surface area contributed by atoms with E-state index in [0.29, 0.717) is 5.22 Å². The molecule has 4 bridgehead atoms. The maximum atomic E-state index is 12.5. The van der Waals surface area contributed by atoms with Crippen molar-refractivity contribution < 1.29 is 9.21 Å². The molecular weight excluding hydrogens is 370 g/mol. The van der Waals surface area contributed by atoms with Gasteiger partial charge in [-0.3, -0.25) is 4.79 Å². The average Bonchev–Trinajstić information content (AvgIpc) is 3.10. The normalized spacial score (nSPS) is 31.7. The van der Waals surface area contributed by atoms with Crippen LogP contribution in [0.1, 0.15) is 56.9 Å². The van der Waals surface area contributed by atoms with Crippen molar-refractivity contribution >= 4 is 23.4 Å². The molecule has 0 aliphatic heterocycles. The Morgan fingerprint density at radius 3 is 2.50 bits per heavy atom. The van der Waals surface area contributed by atoms with Crippen LogP contribution in [-0.4, -0.2) is 21.4 Å². The summed E-state index contributed by atoms with van der Waals surface area (Å²) in [5.41, 5.74) is 2.04. The van der Waals surface area contributed by atoms with Crippen LogP contribution in [0.25, 0.3) is 0 Å². The molecule has 1 amide bonds. The van der Waals surface area contributed by atoms with Crippen LogP contribution in [0, 0.1) is 24.7 Å². The average molecular weight is 398 g/mol. The summed E-state index contributed by atoms with van der Waals surface area (Å²) >= 11 is 1.35. The molecule has 0 radical (unpaired) electrons. The summed E-state index contributed by atoms with van der Waals surface area (Å²) in [7, 11) is 0. The highest BCUT2D eigenvalue weighted by atomic mass is 32.2. The fourth-order valence-electron chi connectivity index (χ4n) is 6.02. The number of nitrogens with zero attached hydrogens (tertiary/aromatic N) is 2. The summed E-state index contributed by atoms with van der Waals surface area (Å²) in [6, 6.07) is 7.82. The van der Waals surface area contributed by atoms with Crippen molar-refractivity contribution in [1.29, 1.82) is 0 Å². The van der Waals surface area contributed by atoms with Crippen molar-refractivity contribution in [1.82, 2.24) is 10.2 Å². The molecule has 148 valence electrons. The molecule has 0 spiro atoms. The number of benzene rings is 1. The highest BCUT2D eigenvalue weighted by Crippen LogP contribution is 2.60. The molecule has 4 fully saturated rings. The molecule has 5 nitrogen and oxygen atoms in total. The van der Waals surface area contributed by atoms with Gasteiger partial charge in [-0.05, 0) is 87.8 Å². The van der Waals surface area contributed by atoms with E-state index in [0.717, 1.165) is 34.9 Å². The van der Waals surface area contributed by atoms with Crippen LogP contribution in [0.5, 0.6) is 0 Å². The first-order valence-electron chi connectivity index (χ1n) is 10.4. The van der Waals surface area contributed by atoms with E-state index in [-0.39, 0.29) is 16.6 Å². The number of anilines is 1. The quantitative estimate of drug-likeness (QED) is 0.722. The Labute approximate surface area is 170 Å². The molecule has 4 saturated carbocycles. The third-order valence-corrected chi connectivity index (χ3v) is 7.77. The fraction of sp³-hybridized carbons (Fsp3) is 0.591. The monoisotopic (exact) mass is 397 g/mol. The Morgan fingerprint density at radius 2 is 1.86 bits per heavy atom. The molecule has 1 aromatic carbocycles. The predicted octanol–water partition coefficient (Wildman–Crippen LogP) is 4.97. The molecule has 0 saturated heterocycles. The molecule has 6 rings (SSSR count). The van der Waals surface area contributed by atoms with Crippen LogP contribution in [0.15, 0.2) is 33.9 Å². The van der Waals surface area contributed by atoms with Crippen molar-refractivity contribution in [3.8, 4) is 0 Å². The predicted molar refractivity (Wildman–Crippen MR) is 109 cm³/mol. The van der Waals surface area contributed by atoms with Gasteiger partial charge in [0.1, 0.15) is 0 Å². The highest BCUT2D eigenvalue weighted by Gasteiger charge is 2.54. The van der Waals surface area contributed by atoms with Crippen molar-refractivity contribution in [2.24, 2.45) is 17.8 Å². The van der Waals surface area contributed by atoms with Gasteiger partial charge >= 0.3 is 0 Å². The van der Waals surface area contributed by atoms with Gasteiger partial charge in [-0.15, -0.1) is 10.2 Å². The highest BCUT2D eigenvalue weighted by molar-refractivity contribution is 8.00. The molecule has 6 heteroatoms. The van der Waals surface area contributed by atoms with Gasteiger partial charge < -0.3 is 9.73 Å². The van der Waals surface area contributed by atoms with E-state index in [1.54, 1.807) is 0 Å². The number of carbonyl (C=O) groups excluding carboxylic acids is 1. The SMILES string of the molecule is Cc1cccc(NC(=O)[C@H](C)Sc2nnc(C34CC5CC(CC(C5)C3)C4)o2)c1. The molecule has 4 aliphatic rings. The molecule has 2 aromatic rings. The van der Waals surface area contributed by atoms with Crippen molar-refractivity contribution in [3.05, 3.63) is 35.7 Å². The van der Waals surface area contributed by atoms with Crippen LogP contribution in [0.2, 0.25) is 0 Å². The van der Waals surface area contributed by atoms with E-state index in [1.165, 1.54) is 50.3 Å². The fourth-order valence-corrected chi connectivity index (χ4v) is 6.70. The summed E-state index contributed by atoms with van der Waals surface area (Å²) in [5, 5.41) is 11.9. The minimum Gasteiger partial charge on any atom is -0.415 e. The Balaban J connectivity index is 1.26. The van der Waals surface area contributed by atoms with Gasteiger partial charge in [0.25, 0.3) is 5.22 Å². The lowest BCUT2D eigenvalue weighted by Gasteiger charge is -2.55.